The zero-order valence-corrected chi connectivity index (χ0v) is 10.6. The SMILES string of the molecule is O=[N+]([O-])c1ccc(NC(=S)NC2CCCC2)nc1. The van der Waals surface area contributed by atoms with Crippen LogP contribution < -0.4 is 10.6 Å². The lowest BCUT2D eigenvalue weighted by Crippen LogP contribution is -2.36. The summed E-state index contributed by atoms with van der Waals surface area (Å²) in [5.74, 6) is 0.510. The van der Waals surface area contributed by atoms with E-state index in [0.29, 0.717) is 17.0 Å². The quantitative estimate of drug-likeness (QED) is 0.496. The van der Waals surface area contributed by atoms with Crippen LogP contribution in [0.25, 0.3) is 0 Å². The second-order valence-electron chi connectivity index (χ2n) is 4.24. The number of nitro groups is 1. The van der Waals surface area contributed by atoms with Gasteiger partial charge in [-0.2, -0.15) is 0 Å². The molecular weight excluding hydrogens is 252 g/mol. The fourth-order valence-electron chi connectivity index (χ4n) is 1.98. The van der Waals surface area contributed by atoms with Crippen LogP contribution in [0.2, 0.25) is 0 Å². The average molecular weight is 266 g/mol. The Hall–Kier alpha value is -1.76. The molecule has 18 heavy (non-hydrogen) atoms. The maximum Gasteiger partial charge on any atom is 0.287 e. The molecular formula is C11H14N4O2S. The van der Waals surface area contributed by atoms with Gasteiger partial charge in [-0.3, -0.25) is 10.1 Å². The Morgan fingerprint density at radius 3 is 2.72 bits per heavy atom. The first-order valence-electron chi connectivity index (χ1n) is 5.83. The molecule has 2 N–H and O–H groups in total. The fourth-order valence-corrected chi connectivity index (χ4v) is 2.25. The Morgan fingerprint density at radius 1 is 1.44 bits per heavy atom. The lowest BCUT2D eigenvalue weighted by Gasteiger charge is -2.14. The van der Waals surface area contributed by atoms with Crippen molar-refractivity contribution in [3.05, 3.63) is 28.4 Å². The highest BCUT2D eigenvalue weighted by Crippen LogP contribution is 2.18. The number of hydrogen-bond donors (Lipinski definition) is 2. The number of anilines is 1. The molecule has 1 saturated carbocycles. The maximum atomic E-state index is 10.5. The molecule has 0 spiro atoms. The molecule has 1 heterocycles. The summed E-state index contributed by atoms with van der Waals surface area (Å²) >= 11 is 5.16. The topological polar surface area (TPSA) is 80.1 Å². The third-order valence-electron chi connectivity index (χ3n) is 2.89. The number of thiocarbonyl (C=S) groups is 1. The summed E-state index contributed by atoms with van der Waals surface area (Å²) in [4.78, 5) is 13.9. The number of rotatable bonds is 3. The van der Waals surface area contributed by atoms with E-state index >= 15 is 0 Å². The first kappa shape index (κ1) is 12.7. The van der Waals surface area contributed by atoms with E-state index in [4.69, 9.17) is 12.2 Å². The molecule has 2 rings (SSSR count). The van der Waals surface area contributed by atoms with Crippen LogP contribution in [0.5, 0.6) is 0 Å². The number of nitrogens with zero attached hydrogens (tertiary/aromatic N) is 2. The smallest absolute Gasteiger partial charge is 0.287 e. The summed E-state index contributed by atoms with van der Waals surface area (Å²) in [5.41, 5.74) is -0.0322. The van der Waals surface area contributed by atoms with Crippen LogP contribution in [0.3, 0.4) is 0 Å². The molecule has 1 aliphatic carbocycles. The van der Waals surface area contributed by atoms with Crippen molar-refractivity contribution >= 4 is 28.8 Å². The molecule has 0 aromatic carbocycles. The summed E-state index contributed by atoms with van der Waals surface area (Å²) in [7, 11) is 0. The summed E-state index contributed by atoms with van der Waals surface area (Å²) in [5, 5.41) is 17.1. The normalized spacial score (nSPS) is 15.3. The van der Waals surface area contributed by atoms with Crippen molar-refractivity contribution in [3.63, 3.8) is 0 Å². The van der Waals surface area contributed by atoms with E-state index in [1.807, 2.05) is 0 Å². The van der Waals surface area contributed by atoms with Crippen LogP contribution in [-0.4, -0.2) is 21.1 Å². The number of pyridine rings is 1. The molecule has 0 atom stereocenters. The largest absolute Gasteiger partial charge is 0.360 e. The molecule has 6 nitrogen and oxygen atoms in total. The molecule has 0 amide bonds. The highest BCUT2D eigenvalue weighted by atomic mass is 32.1. The van der Waals surface area contributed by atoms with E-state index in [9.17, 15) is 10.1 Å². The highest BCUT2D eigenvalue weighted by molar-refractivity contribution is 7.80. The molecule has 1 fully saturated rings. The maximum absolute atomic E-state index is 10.5. The van der Waals surface area contributed by atoms with Gasteiger partial charge in [-0.1, -0.05) is 12.8 Å². The van der Waals surface area contributed by atoms with Crippen molar-refractivity contribution in [1.82, 2.24) is 10.3 Å². The summed E-state index contributed by atoms with van der Waals surface area (Å²) in [6.07, 6.45) is 5.94. The lowest BCUT2D eigenvalue weighted by atomic mass is 10.3. The van der Waals surface area contributed by atoms with Crippen LogP contribution >= 0.6 is 12.2 Å². The van der Waals surface area contributed by atoms with Crippen LogP contribution in [0, 0.1) is 10.1 Å². The molecule has 1 aromatic heterocycles. The lowest BCUT2D eigenvalue weighted by molar-refractivity contribution is -0.385. The van der Waals surface area contributed by atoms with Crippen molar-refractivity contribution in [3.8, 4) is 0 Å². The summed E-state index contributed by atoms with van der Waals surface area (Å²) < 4.78 is 0. The fraction of sp³-hybridized carbons (Fsp3) is 0.455. The van der Waals surface area contributed by atoms with Gasteiger partial charge in [0.1, 0.15) is 12.0 Å². The van der Waals surface area contributed by atoms with Gasteiger partial charge in [-0.05, 0) is 31.1 Å². The van der Waals surface area contributed by atoms with Gasteiger partial charge < -0.3 is 10.6 Å². The molecule has 1 aromatic rings. The molecule has 7 heteroatoms. The van der Waals surface area contributed by atoms with Crippen molar-refractivity contribution in [2.24, 2.45) is 0 Å². The molecule has 0 saturated heterocycles. The van der Waals surface area contributed by atoms with E-state index in [1.165, 1.54) is 25.1 Å². The zero-order chi connectivity index (χ0) is 13.0. The first-order valence-corrected chi connectivity index (χ1v) is 6.24. The average Bonchev–Trinajstić information content (AvgIpc) is 2.82. The van der Waals surface area contributed by atoms with Crippen molar-refractivity contribution < 1.29 is 4.92 Å². The van der Waals surface area contributed by atoms with Gasteiger partial charge >= 0.3 is 0 Å². The standard InChI is InChI=1S/C11H14N4O2S/c16-15(17)9-5-6-10(12-7-9)14-11(18)13-8-3-1-2-4-8/h5-8H,1-4H2,(H2,12,13,14,18). The highest BCUT2D eigenvalue weighted by Gasteiger charge is 2.15. The first-order chi connectivity index (χ1) is 8.65. The molecule has 0 bridgehead atoms. The third-order valence-corrected chi connectivity index (χ3v) is 3.11. The van der Waals surface area contributed by atoms with Crippen LogP contribution in [0.4, 0.5) is 11.5 Å². The van der Waals surface area contributed by atoms with Gasteiger partial charge in [0.15, 0.2) is 5.11 Å². The Labute approximate surface area is 110 Å². The Balaban J connectivity index is 1.88. The number of hydrogen-bond acceptors (Lipinski definition) is 4. The molecule has 0 unspecified atom stereocenters. The molecule has 96 valence electrons. The van der Waals surface area contributed by atoms with Crippen LogP contribution in [-0.2, 0) is 0 Å². The number of aromatic nitrogens is 1. The minimum Gasteiger partial charge on any atom is -0.360 e. The minimum atomic E-state index is -0.480. The third kappa shape index (κ3) is 3.36. The van der Waals surface area contributed by atoms with Gasteiger partial charge in [-0.15, -0.1) is 0 Å². The molecule has 1 aliphatic rings. The Morgan fingerprint density at radius 2 is 2.17 bits per heavy atom. The summed E-state index contributed by atoms with van der Waals surface area (Å²) in [6.45, 7) is 0. The van der Waals surface area contributed by atoms with E-state index in [1.54, 1.807) is 6.07 Å². The van der Waals surface area contributed by atoms with Gasteiger partial charge in [0.25, 0.3) is 5.69 Å². The second kappa shape index (κ2) is 5.72. The van der Waals surface area contributed by atoms with Crippen LogP contribution in [0.1, 0.15) is 25.7 Å². The van der Waals surface area contributed by atoms with E-state index in [2.05, 4.69) is 15.6 Å². The van der Waals surface area contributed by atoms with Crippen molar-refractivity contribution in [1.29, 1.82) is 0 Å². The van der Waals surface area contributed by atoms with Crippen molar-refractivity contribution in [2.75, 3.05) is 5.32 Å². The van der Waals surface area contributed by atoms with Crippen LogP contribution in [0.15, 0.2) is 18.3 Å². The van der Waals surface area contributed by atoms with Gasteiger partial charge in [0, 0.05) is 12.1 Å². The van der Waals surface area contributed by atoms with E-state index in [-0.39, 0.29) is 5.69 Å². The van der Waals surface area contributed by atoms with Gasteiger partial charge in [0.05, 0.1) is 4.92 Å². The zero-order valence-electron chi connectivity index (χ0n) is 9.76. The second-order valence-corrected chi connectivity index (χ2v) is 4.65. The van der Waals surface area contributed by atoms with E-state index < -0.39 is 4.92 Å². The van der Waals surface area contributed by atoms with Gasteiger partial charge in [0.2, 0.25) is 0 Å². The Kier molecular flexibility index (Phi) is 4.03. The van der Waals surface area contributed by atoms with Gasteiger partial charge in [-0.25, -0.2) is 4.98 Å². The molecule has 0 radical (unpaired) electrons. The predicted molar refractivity (Wildman–Crippen MR) is 72.5 cm³/mol. The van der Waals surface area contributed by atoms with Crippen molar-refractivity contribution in [2.45, 2.75) is 31.7 Å². The summed E-state index contributed by atoms with van der Waals surface area (Å²) in [6, 6.07) is 3.37. The predicted octanol–water partition coefficient (Wildman–Crippen LogP) is 2.22. The molecule has 0 aliphatic heterocycles. The number of nitrogens with one attached hydrogen (secondary N) is 2. The van der Waals surface area contributed by atoms with E-state index in [0.717, 1.165) is 12.8 Å². The monoisotopic (exact) mass is 266 g/mol. The minimum absolute atomic E-state index is 0.0322. The Bertz CT molecular complexity index is 443.